The zero-order valence-corrected chi connectivity index (χ0v) is 11.9. The van der Waals surface area contributed by atoms with Gasteiger partial charge in [0.25, 0.3) is 0 Å². The van der Waals surface area contributed by atoms with Crippen molar-refractivity contribution in [3.8, 4) is 0 Å². The Labute approximate surface area is 111 Å². The molecule has 2 heterocycles. The Kier molecular flexibility index (Phi) is 5.15. The van der Waals surface area contributed by atoms with E-state index in [2.05, 4.69) is 29.5 Å². The fourth-order valence-electron chi connectivity index (χ4n) is 2.90. The van der Waals surface area contributed by atoms with Gasteiger partial charge in [0.1, 0.15) is 0 Å². The summed E-state index contributed by atoms with van der Waals surface area (Å²) >= 11 is 4.60. The summed E-state index contributed by atoms with van der Waals surface area (Å²) in [5.41, 5.74) is 0.407. The standard InChI is InChI=1S/C13H26N2OS/c1-14-5-2-6-15(8-7-14)11-13(12-17)3-9-16-10-4-13/h17H,2-12H2,1H3. The molecule has 0 bridgehead atoms. The third-order valence-electron chi connectivity index (χ3n) is 4.26. The maximum absolute atomic E-state index is 5.50. The number of likely N-dealkylation sites (N-methyl/N-ethyl adjacent to an activating group) is 1. The Morgan fingerprint density at radius 1 is 1.12 bits per heavy atom. The highest BCUT2D eigenvalue weighted by molar-refractivity contribution is 7.80. The van der Waals surface area contributed by atoms with Crippen LogP contribution in [0.3, 0.4) is 0 Å². The first kappa shape index (κ1) is 13.7. The second-order valence-electron chi connectivity index (χ2n) is 5.70. The number of nitrogens with zero attached hydrogens (tertiary/aromatic N) is 2. The maximum atomic E-state index is 5.50. The summed E-state index contributed by atoms with van der Waals surface area (Å²) < 4.78 is 5.50. The summed E-state index contributed by atoms with van der Waals surface area (Å²) in [6.45, 7) is 7.98. The van der Waals surface area contributed by atoms with Crippen LogP contribution in [0.1, 0.15) is 19.3 Å². The molecule has 0 unspecified atom stereocenters. The minimum Gasteiger partial charge on any atom is -0.381 e. The second kappa shape index (κ2) is 6.41. The average molecular weight is 258 g/mol. The van der Waals surface area contributed by atoms with Crippen molar-refractivity contribution in [3.05, 3.63) is 0 Å². The van der Waals surface area contributed by atoms with Crippen LogP contribution in [-0.4, -0.2) is 68.5 Å². The third-order valence-corrected chi connectivity index (χ3v) is 4.93. The van der Waals surface area contributed by atoms with Gasteiger partial charge >= 0.3 is 0 Å². The molecule has 2 saturated heterocycles. The van der Waals surface area contributed by atoms with E-state index < -0.39 is 0 Å². The summed E-state index contributed by atoms with van der Waals surface area (Å²) in [7, 11) is 2.23. The van der Waals surface area contributed by atoms with Crippen LogP contribution in [0.2, 0.25) is 0 Å². The molecule has 2 aliphatic heterocycles. The summed E-state index contributed by atoms with van der Waals surface area (Å²) in [5, 5.41) is 0. The van der Waals surface area contributed by atoms with E-state index in [-0.39, 0.29) is 0 Å². The molecule has 0 radical (unpaired) electrons. The third kappa shape index (κ3) is 3.85. The zero-order valence-electron chi connectivity index (χ0n) is 11.0. The van der Waals surface area contributed by atoms with Gasteiger partial charge in [0, 0.05) is 32.8 Å². The van der Waals surface area contributed by atoms with Crippen molar-refractivity contribution in [1.29, 1.82) is 0 Å². The highest BCUT2D eigenvalue weighted by Crippen LogP contribution is 2.32. The van der Waals surface area contributed by atoms with Gasteiger partial charge in [-0.15, -0.1) is 0 Å². The Bertz CT molecular complexity index is 231. The first-order valence-electron chi connectivity index (χ1n) is 6.84. The number of rotatable bonds is 3. The Morgan fingerprint density at radius 3 is 2.59 bits per heavy atom. The fourth-order valence-corrected chi connectivity index (χ4v) is 3.32. The molecule has 0 saturated carbocycles. The fraction of sp³-hybridized carbons (Fsp3) is 1.00. The van der Waals surface area contributed by atoms with Crippen molar-refractivity contribution in [2.45, 2.75) is 19.3 Å². The van der Waals surface area contributed by atoms with E-state index in [4.69, 9.17) is 4.74 Å². The van der Waals surface area contributed by atoms with E-state index in [0.29, 0.717) is 5.41 Å². The molecule has 0 aliphatic carbocycles. The van der Waals surface area contributed by atoms with Gasteiger partial charge in [-0.1, -0.05) is 0 Å². The lowest BCUT2D eigenvalue weighted by Crippen LogP contribution is -2.44. The van der Waals surface area contributed by atoms with E-state index in [1.54, 1.807) is 0 Å². The number of thiol groups is 1. The van der Waals surface area contributed by atoms with Crippen LogP contribution in [0.5, 0.6) is 0 Å². The number of hydrogen-bond acceptors (Lipinski definition) is 4. The molecule has 0 atom stereocenters. The molecule has 0 N–H and O–H groups in total. The lowest BCUT2D eigenvalue weighted by Gasteiger charge is -2.39. The molecule has 0 aromatic carbocycles. The molecule has 4 heteroatoms. The minimum atomic E-state index is 0.407. The van der Waals surface area contributed by atoms with E-state index in [9.17, 15) is 0 Å². The smallest absolute Gasteiger partial charge is 0.0472 e. The van der Waals surface area contributed by atoms with Gasteiger partial charge in [-0.3, -0.25) is 0 Å². The first-order valence-corrected chi connectivity index (χ1v) is 7.47. The van der Waals surface area contributed by atoms with Crippen molar-refractivity contribution < 1.29 is 4.74 Å². The maximum Gasteiger partial charge on any atom is 0.0472 e. The van der Waals surface area contributed by atoms with Crippen LogP contribution >= 0.6 is 12.6 Å². The Hall–Kier alpha value is 0.230. The average Bonchev–Trinajstić information content (AvgIpc) is 2.56. The van der Waals surface area contributed by atoms with Crippen molar-refractivity contribution in [3.63, 3.8) is 0 Å². The molecule has 0 aromatic heterocycles. The summed E-state index contributed by atoms with van der Waals surface area (Å²) in [4.78, 5) is 5.09. The van der Waals surface area contributed by atoms with Gasteiger partial charge in [-0.25, -0.2) is 0 Å². The molecule has 2 fully saturated rings. The molecule has 0 aromatic rings. The molecular formula is C13H26N2OS. The van der Waals surface area contributed by atoms with Gasteiger partial charge in [-0.2, -0.15) is 12.6 Å². The van der Waals surface area contributed by atoms with Gasteiger partial charge in [0.2, 0.25) is 0 Å². The predicted molar refractivity (Wildman–Crippen MR) is 74.9 cm³/mol. The van der Waals surface area contributed by atoms with E-state index in [1.165, 1.54) is 52.0 Å². The molecule has 0 amide bonds. The monoisotopic (exact) mass is 258 g/mol. The van der Waals surface area contributed by atoms with Crippen molar-refractivity contribution in [2.24, 2.45) is 5.41 Å². The van der Waals surface area contributed by atoms with Gasteiger partial charge in [-0.05, 0) is 50.6 Å². The van der Waals surface area contributed by atoms with E-state index in [1.807, 2.05) is 0 Å². The molecular weight excluding hydrogens is 232 g/mol. The van der Waals surface area contributed by atoms with Crippen LogP contribution in [0.25, 0.3) is 0 Å². The lowest BCUT2D eigenvalue weighted by atomic mass is 9.81. The topological polar surface area (TPSA) is 15.7 Å². The highest BCUT2D eigenvalue weighted by Gasteiger charge is 2.33. The van der Waals surface area contributed by atoms with Crippen LogP contribution in [0.4, 0.5) is 0 Å². The molecule has 100 valence electrons. The number of hydrogen-bond donors (Lipinski definition) is 1. The number of ether oxygens (including phenoxy) is 1. The van der Waals surface area contributed by atoms with Gasteiger partial charge < -0.3 is 14.5 Å². The SMILES string of the molecule is CN1CCCN(CC2(CS)CCOCC2)CC1. The Balaban J connectivity index is 1.88. The van der Waals surface area contributed by atoms with Crippen LogP contribution < -0.4 is 0 Å². The zero-order chi connectivity index (χ0) is 12.1. The van der Waals surface area contributed by atoms with E-state index in [0.717, 1.165) is 19.0 Å². The summed E-state index contributed by atoms with van der Waals surface area (Å²) in [6, 6.07) is 0. The second-order valence-corrected chi connectivity index (χ2v) is 6.02. The molecule has 3 nitrogen and oxygen atoms in total. The molecule has 2 aliphatic rings. The van der Waals surface area contributed by atoms with Crippen molar-refractivity contribution >= 4 is 12.6 Å². The van der Waals surface area contributed by atoms with Crippen molar-refractivity contribution in [1.82, 2.24) is 9.80 Å². The Morgan fingerprint density at radius 2 is 1.88 bits per heavy atom. The summed E-state index contributed by atoms with van der Waals surface area (Å²) in [5.74, 6) is 1.00. The molecule has 17 heavy (non-hydrogen) atoms. The molecule has 2 rings (SSSR count). The minimum absolute atomic E-state index is 0.407. The molecule has 0 spiro atoms. The highest BCUT2D eigenvalue weighted by atomic mass is 32.1. The largest absolute Gasteiger partial charge is 0.381 e. The van der Waals surface area contributed by atoms with Gasteiger partial charge in [0.15, 0.2) is 0 Å². The van der Waals surface area contributed by atoms with Crippen LogP contribution in [-0.2, 0) is 4.74 Å². The normalized spacial score (nSPS) is 27.9. The summed E-state index contributed by atoms with van der Waals surface area (Å²) in [6.07, 6.45) is 3.67. The quantitative estimate of drug-likeness (QED) is 0.770. The predicted octanol–water partition coefficient (Wildman–Crippen LogP) is 1.35. The van der Waals surface area contributed by atoms with E-state index >= 15 is 0 Å². The van der Waals surface area contributed by atoms with Crippen LogP contribution in [0, 0.1) is 5.41 Å². The van der Waals surface area contributed by atoms with Gasteiger partial charge in [0.05, 0.1) is 0 Å². The van der Waals surface area contributed by atoms with Crippen molar-refractivity contribution in [2.75, 3.05) is 58.7 Å². The lowest BCUT2D eigenvalue weighted by molar-refractivity contribution is 0.00841. The van der Waals surface area contributed by atoms with Crippen LogP contribution in [0.15, 0.2) is 0 Å². The first-order chi connectivity index (χ1) is 8.24.